The van der Waals surface area contributed by atoms with Crippen molar-refractivity contribution in [1.29, 1.82) is 0 Å². The van der Waals surface area contributed by atoms with Crippen LogP contribution in [0, 0.1) is 30.1 Å². The smallest absolute Gasteiger partial charge is 0.242 e. The highest BCUT2D eigenvalue weighted by Crippen LogP contribution is 2.60. The van der Waals surface area contributed by atoms with E-state index < -0.39 is 0 Å². The maximum atomic E-state index is 14.5. The second kappa shape index (κ2) is 10.6. The number of benzene rings is 1. The number of aryl methyl sites for hydroxylation is 1. The van der Waals surface area contributed by atoms with Crippen molar-refractivity contribution in [2.75, 3.05) is 6.54 Å². The molecule has 2 amide bonds. The largest absolute Gasteiger partial charge is 0.332 e. The van der Waals surface area contributed by atoms with Gasteiger partial charge in [0.15, 0.2) is 0 Å². The van der Waals surface area contributed by atoms with Crippen LogP contribution in [0.3, 0.4) is 0 Å². The molecule has 0 atom stereocenters. The lowest BCUT2D eigenvalue weighted by Crippen LogP contribution is -2.58. The summed E-state index contributed by atoms with van der Waals surface area (Å²) in [5.41, 5.74) is 2.19. The Balaban J connectivity index is 1.26. The van der Waals surface area contributed by atoms with Crippen LogP contribution in [-0.4, -0.2) is 34.2 Å². The summed E-state index contributed by atoms with van der Waals surface area (Å²) in [7, 11) is 0. The second-order valence-electron chi connectivity index (χ2n) is 12.7. The number of hydrogen-bond acceptors (Lipinski definition) is 3. The minimum Gasteiger partial charge on any atom is -0.332 e. The van der Waals surface area contributed by atoms with Gasteiger partial charge in [0.1, 0.15) is 6.54 Å². The fourth-order valence-corrected chi connectivity index (χ4v) is 9.38. The van der Waals surface area contributed by atoms with Gasteiger partial charge in [0.25, 0.3) is 0 Å². The zero-order valence-electron chi connectivity index (χ0n) is 22.4. The molecule has 0 spiro atoms. The Labute approximate surface area is 226 Å². The highest BCUT2D eigenvalue weighted by molar-refractivity contribution is 7.10. The molecule has 1 heterocycles. The second-order valence-corrected chi connectivity index (χ2v) is 13.7. The summed E-state index contributed by atoms with van der Waals surface area (Å²) < 4.78 is 0. The summed E-state index contributed by atoms with van der Waals surface area (Å²) in [5, 5.41) is 2.11. The Kier molecular flexibility index (Phi) is 7.17. The fraction of sp³-hybridized carbons (Fsp3) is 0.625. The van der Waals surface area contributed by atoms with Crippen molar-refractivity contribution in [1.82, 2.24) is 9.80 Å². The van der Waals surface area contributed by atoms with E-state index in [-0.39, 0.29) is 23.9 Å². The summed E-state index contributed by atoms with van der Waals surface area (Å²) in [6, 6.07) is 12.7. The van der Waals surface area contributed by atoms with E-state index in [0.29, 0.717) is 19.0 Å². The summed E-state index contributed by atoms with van der Waals surface area (Å²) in [5.74, 6) is 2.63. The van der Waals surface area contributed by atoms with Crippen LogP contribution in [0.5, 0.6) is 0 Å². The van der Waals surface area contributed by atoms with Crippen LogP contribution in [0.1, 0.15) is 86.6 Å². The van der Waals surface area contributed by atoms with E-state index in [4.69, 9.17) is 0 Å². The molecular weight excluding hydrogens is 476 g/mol. The Morgan fingerprint density at radius 1 is 0.892 bits per heavy atom. The van der Waals surface area contributed by atoms with Gasteiger partial charge in [-0.05, 0) is 98.6 Å². The number of nitrogens with zero attached hydrogens (tertiary/aromatic N) is 2. The highest BCUT2D eigenvalue weighted by atomic mass is 32.1. The van der Waals surface area contributed by atoms with Gasteiger partial charge in [-0.3, -0.25) is 9.59 Å². The van der Waals surface area contributed by atoms with Crippen molar-refractivity contribution < 1.29 is 9.59 Å². The SMILES string of the molecule is Cc1ccsc1CN(Cc1ccccc1)C(=O)CN(C(=O)C12CC3CC(CC(C3)C1)C2)C1CCCCC1. The summed E-state index contributed by atoms with van der Waals surface area (Å²) >= 11 is 1.72. The van der Waals surface area contributed by atoms with Crippen LogP contribution >= 0.6 is 11.3 Å². The van der Waals surface area contributed by atoms with Gasteiger partial charge in [0.05, 0.1) is 12.0 Å². The van der Waals surface area contributed by atoms with Gasteiger partial charge in [-0.15, -0.1) is 11.3 Å². The Morgan fingerprint density at radius 3 is 2.14 bits per heavy atom. The van der Waals surface area contributed by atoms with Crippen LogP contribution in [0.15, 0.2) is 41.8 Å². The number of carbonyl (C=O) groups excluding carboxylic acids is 2. The third kappa shape index (κ3) is 5.26. The summed E-state index contributed by atoms with van der Waals surface area (Å²) in [6.07, 6.45) is 12.9. The average Bonchev–Trinajstić information content (AvgIpc) is 3.31. The molecular formula is C32H42N2O2S. The number of amides is 2. The first-order chi connectivity index (χ1) is 18.0. The molecule has 5 aliphatic carbocycles. The molecule has 4 bridgehead atoms. The van der Waals surface area contributed by atoms with E-state index in [1.807, 2.05) is 23.1 Å². The number of carbonyl (C=O) groups is 2. The van der Waals surface area contributed by atoms with Crippen LogP contribution in [0.25, 0.3) is 0 Å². The first-order valence-electron chi connectivity index (χ1n) is 14.6. The maximum absolute atomic E-state index is 14.5. The molecule has 198 valence electrons. The lowest BCUT2D eigenvalue weighted by atomic mass is 9.49. The van der Waals surface area contributed by atoms with Gasteiger partial charge in [-0.2, -0.15) is 0 Å². The lowest BCUT2D eigenvalue weighted by Gasteiger charge is -2.57. The van der Waals surface area contributed by atoms with E-state index in [1.165, 1.54) is 49.0 Å². The first kappa shape index (κ1) is 25.2. The maximum Gasteiger partial charge on any atom is 0.242 e. The van der Waals surface area contributed by atoms with E-state index >= 15 is 0 Å². The minimum absolute atomic E-state index is 0.0975. The average molecular weight is 519 g/mol. The quantitative estimate of drug-likeness (QED) is 0.379. The Hall–Kier alpha value is -2.14. The van der Waals surface area contributed by atoms with Gasteiger partial charge in [-0.1, -0.05) is 49.6 Å². The van der Waals surface area contributed by atoms with Crippen molar-refractivity contribution >= 4 is 23.2 Å². The van der Waals surface area contributed by atoms with Gasteiger partial charge >= 0.3 is 0 Å². The molecule has 0 radical (unpaired) electrons. The normalized spacial score (nSPS) is 28.8. The van der Waals surface area contributed by atoms with Crippen LogP contribution in [-0.2, 0) is 22.7 Å². The first-order valence-corrected chi connectivity index (χ1v) is 15.5. The van der Waals surface area contributed by atoms with Crippen molar-refractivity contribution in [3.05, 3.63) is 57.8 Å². The molecule has 1 aromatic heterocycles. The Morgan fingerprint density at radius 2 is 1.54 bits per heavy atom. The van der Waals surface area contributed by atoms with Crippen molar-refractivity contribution in [3.8, 4) is 0 Å². The molecule has 37 heavy (non-hydrogen) atoms. The predicted octanol–water partition coefficient (Wildman–Crippen LogP) is 6.96. The van der Waals surface area contributed by atoms with Crippen LogP contribution < -0.4 is 0 Å². The van der Waals surface area contributed by atoms with Gasteiger partial charge in [0.2, 0.25) is 11.8 Å². The number of hydrogen-bond donors (Lipinski definition) is 0. The third-order valence-electron chi connectivity index (χ3n) is 9.95. The molecule has 0 N–H and O–H groups in total. The summed E-state index contributed by atoms with van der Waals surface area (Å²) in [4.78, 5) is 34.0. The third-order valence-corrected chi connectivity index (χ3v) is 11.0. The standard InChI is InChI=1S/C32H42N2O2S/c1-23-12-13-37-29(23)21-33(20-24-8-4-2-5-9-24)30(35)22-34(28-10-6-3-7-11-28)31(36)32-17-25-14-26(18-32)16-27(15-25)19-32/h2,4-5,8-9,12-13,25-28H,3,6-7,10-11,14-22H2,1H3. The van der Waals surface area contributed by atoms with E-state index in [1.54, 1.807) is 11.3 Å². The molecule has 7 rings (SSSR count). The van der Waals surface area contributed by atoms with E-state index in [0.717, 1.165) is 55.4 Å². The number of thiophene rings is 1. The molecule has 5 heteroatoms. The number of rotatable bonds is 8. The molecule has 5 fully saturated rings. The molecule has 1 aromatic carbocycles. The van der Waals surface area contributed by atoms with Crippen LogP contribution in [0.2, 0.25) is 0 Å². The molecule has 4 nitrogen and oxygen atoms in total. The van der Waals surface area contributed by atoms with E-state index in [2.05, 4.69) is 35.4 Å². The molecule has 0 saturated heterocycles. The summed E-state index contributed by atoms with van der Waals surface area (Å²) in [6.45, 7) is 3.56. The lowest BCUT2D eigenvalue weighted by molar-refractivity contribution is -0.163. The predicted molar refractivity (Wildman–Crippen MR) is 149 cm³/mol. The zero-order valence-corrected chi connectivity index (χ0v) is 23.2. The molecule has 0 unspecified atom stereocenters. The monoisotopic (exact) mass is 518 g/mol. The van der Waals surface area contributed by atoms with Crippen molar-refractivity contribution in [3.63, 3.8) is 0 Å². The van der Waals surface area contributed by atoms with Gasteiger partial charge in [0, 0.05) is 17.5 Å². The van der Waals surface area contributed by atoms with Crippen molar-refractivity contribution in [2.45, 2.75) is 96.7 Å². The molecule has 5 saturated carbocycles. The zero-order chi connectivity index (χ0) is 25.4. The Bertz CT molecular complexity index is 1070. The van der Waals surface area contributed by atoms with E-state index in [9.17, 15) is 9.59 Å². The highest BCUT2D eigenvalue weighted by Gasteiger charge is 2.56. The van der Waals surface area contributed by atoms with Crippen LogP contribution in [0.4, 0.5) is 0 Å². The topological polar surface area (TPSA) is 40.6 Å². The van der Waals surface area contributed by atoms with Gasteiger partial charge in [-0.25, -0.2) is 0 Å². The fourth-order valence-electron chi connectivity index (χ4n) is 8.46. The molecule has 2 aromatic rings. The molecule has 5 aliphatic rings. The minimum atomic E-state index is -0.193. The van der Waals surface area contributed by atoms with Gasteiger partial charge < -0.3 is 9.80 Å². The van der Waals surface area contributed by atoms with Crippen molar-refractivity contribution in [2.24, 2.45) is 23.2 Å². The molecule has 0 aliphatic heterocycles.